The van der Waals surface area contributed by atoms with Gasteiger partial charge in [0.2, 0.25) is 0 Å². The van der Waals surface area contributed by atoms with E-state index in [2.05, 4.69) is 15.2 Å². The first-order chi connectivity index (χ1) is 16.9. The Morgan fingerprint density at radius 3 is 2.69 bits per heavy atom. The van der Waals surface area contributed by atoms with Gasteiger partial charge in [-0.1, -0.05) is 13.0 Å². The van der Waals surface area contributed by atoms with Crippen molar-refractivity contribution >= 4 is 16.8 Å². The number of halogens is 1. The largest absolute Gasteiger partial charge is 0.493 e. The summed E-state index contributed by atoms with van der Waals surface area (Å²) in [5.41, 5.74) is 4.90. The van der Waals surface area contributed by atoms with Gasteiger partial charge >= 0.3 is 0 Å². The quantitative estimate of drug-likeness (QED) is 0.380. The minimum absolute atomic E-state index is 0.289. The van der Waals surface area contributed by atoms with Crippen LogP contribution in [-0.4, -0.2) is 51.4 Å². The van der Waals surface area contributed by atoms with Crippen molar-refractivity contribution in [2.45, 2.75) is 33.2 Å². The van der Waals surface area contributed by atoms with Crippen molar-refractivity contribution in [2.24, 2.45) is 0 Å². The summed E-state index contributed by atoms with van der Waals surface area (Å²) in [6.07, 6.45) is 4.14. The fraction of sp³-hybridized carbons (Fsp3) is 0.296. The van der Waals surface area contributed by atoms with Crippen molar-refractivity contribution in [2.75, 3.05) is 20.3 Å². The third kappa shape index (κ3) is 4.74. The molecular weight excluding hydrogens is 447 g/mol. The SMILES string of the molecule is CCOc1cc(C(=O)N(C)[C@H](CO)c2cnc(CC)c3cn[nH]c23)ccc1-c1cc(C)cc(F)c1. The molecule has 2 heterocycles. The molecule has 2 aromatic heterocycles. The molecule has 0 unspecified atom stereocenters. The van der Waals surface area contributed by atoms with E-state index in [0.29, 0.717) is 34.6 Å². The van der Waals surface area contributed by atoms with Gasteiger partial charge in [-0.3, -0.25) is 14.9 Å². The maximum absolute atomic E-state index is 14.0. The second kappa shape index (κ2) is 10.2. The second-order valence-corrected chi connectivity index (χ2v) is 8.45. The van der Waals surface area contributed by atoms with Crippen LogP contribution in [0.1, 0.15) is 47.1 Å². The number of rotatable bonds is 8. The van der Waals surface area contributed by atoms with Crippen molar-refractivity contribution in [3.63, 3.8) is 0 Å². The first-order valence-electron chi connectivity index (χ1n) is 11.6. The fourth-order valence-electron chi connectivity index (χ4n) is 4.38. The summed E-state index contributed by atoms with van der Waals surface area (Å²) < 4.78 is 19.9. The van der Waals surface area contributed by atoms with E-state index in [4.69, 9.17) is 4.74 Å². The molecule has 2 N–H and O–H groups in total. The van der Waals surface area contributed by atoms with Crippen LogP contribution < -0.4 is 4.74 Å². The number of aliphatic hydroxyl groups excluding tert-OH is 1. The number of likely N-dealkylation sites (N-methyl/N-ethyl adjacent to an activating group) is 1. The van der Waals surface area contributed by atoms with Gasteiger partial charge in [0.05, 0.1) is 36.7 Å². The highest BCUT2D eigenvalue weighted by Gasteiger charge is 2.26. The lowest BCUT2D eigenvalue weighted by molar-refractivity contribution is 0.0659. The minimum atomic E-state index is -0.634. The molecule has 1 amide bonds. The zero-order valence-corrected chi connectivity index (χ0v) is 20.3. The van der Waals surface area contributed by atoms with Gasteiger partial charge in [0, 0.05) is 35.3 Å². The van der Waals surface area contributed by atoms with Crippen molar-refractivity contribution in [3.8, 4) is 16.9 Å². The van der Waals surface area contributed by atoms with Crippen LogP contribution >= 0.6 is 0 Å². The molecule has 0 aliphatic heterocycles. The number of ether oxygens (including phenoxy) is 1. The van der Waals surface area contributed by atoms with Crippen LogP contribution in [0.15, 0.2) is 48.8 Å². The zero-order chi connectivity index (χ0) is 25.1. The Morgan fingerprint density at radius 1 is 1.20 bits per heavy atom. The van der Waals surface area contributed by atoms with Crippen LogP contribution in [0.3, 0.4) is 0 Å². The molecule has 4 rings (SSSR count). The van der Waals surface area contributed by atoms with E-state index >= 15 is 0 Å². The van der Waals surface area contributed by atoms with Crippen molar-refractivity contribution in [1.82, 2.24) is 20.1 Å². The molecule has 182 valence electrons. The van der Waals surface area contributed by atoms with Crippen LogP contribution in [0.4, 0.5) is 4.39 Å². The van der Waals surface area contributed by atoms with Crippen molar-refractivity contribution in [1.29, 1.82) is 0 Å². The van der Waals surface area contributed by atoms with Gasteiger partial charge in [0.15, 0.2) is 0 Å². The number of hydrogen-bond acceptors (Lipinski definition) is 5. The van der Waals surface area contributed by atoms with Crippen molar-refractivity contribution in [3.05, 3.63) is 77.0 Å². The number of carbonyl (C=O) groups is 1. The number of hydrogen-bond donors (Lipinski definition) is 2. The lowest BCUT2D eigenvalue weighted by Crippen LogP contribution is -2.33. The van der Waals surface area contributed by atoms with Gasteiger partial charge in [-0.05, 0) is 61.7 Å². The Bertz CT molecular complexity index is 1350. The zero-order valence-electron chi connectivity index (χ0n) is 20.3. The lowest BCUT2D eigenvalue weighted by Gasteiger charge is -2.27. The van der Waals surface area contributed by atoms with Crippen LogP contribution in [0.2, 0.25) is 0 Å². The third-order valence-corrected chi connectivity index (χ3v) is 6.13. The van der Waals surface area contributed by atoms with Crippen LogP contribution in [-0.2, 0) is 6.42 Å². The van der Waals surface area contributed by atoms with Crippen LogP contribution in [0.25, 0.3) is 22.0 Å². The Morgan fingerprint density at radius 2 is 2.00 bits per heavy atom. The number of aliphatic hydroxyl groups is 1. The maximum atomic E-state index is 14.0. The number of aromatic nitrogens is 3. The topological polar surface area (TPSA) is 91.3 Å². The molecule has 8 heteroatoms. The van der Waals surface area contributed by atoms with E-state index in [1.54, 1.807) is 37.6 Å². The highest BCUT2D eigenvalue weighted by molar-refractivity contribution is 5.96. The van der Waals surface area contributed by atoms with Gasteiger partial charge in [-0.15, -0.1) is 0 Å². The molecule has 7 nitrogen and oxygen atoms in total. The van der Waals surface area contributed by atoms with E-state index in [-0.39, 0.29) is 18.3 Å². The van der Waals surface area contributed by atoms with Gasteiger partial charge in [-0.2, -0.15) is 5.10 Å². The van der Waals surface area contributed by atoms with Gasteiger partial charge in [0.1, 0.15) is 11.6 Å². The van der Waals surface area contributed by atoms with Gasteiger partial charge < -0.3 is 14.7 Å². The molecule has 0 fully saturated rings. The van der Waals surface area contributed by atoms with E-state index in [1.165, 1.54) is 17.0 Å². The number of nitrogens with one attached hydrogen (secondary N) is 1. The smallest absolute Gasteiger partial charge is 0.254 e. The molecule has 1 atom stereocenters. The summed E-state index contributed by atoms with van der Waals surface area (Å²) in [6, 6.07) is 9.27. The second-order valence-electron chi connectivity index (χ2n) is 8.45. The molecule has 0 radical (unpaired) electrons. The first kappa shape index (κ1) is 24.3. The van der Waals surface area contributed by atoms with Gasteiger partial charge in [0.25, 0.3) is 5.91 Å². The monoisotopic (exact) mass is 476 g/mol. The average Bonchev–Trinajstić information content (AvgIpc) is 3.34. The molecule has 0 saturated carbocycles. The summed E-state index contributed by atoms with van der Waals surface area (Å²) in [7, 11) is 1.64. The van der Waals surface area contributed by atoms with E-state index in [9.17, 15) is 14.3 Å². The molecule has 2 aromatic carbocycles. The number of pyridine rings is 1. The Balaban J connectivity index is 1.70. The van der Waals surface area contributed by atoms with Crippen LogP contribution in [0.5, 0.6) is 5.75 Å². The predicted octanol–water partition coefficient (Wildman–Crippen LogP) is 4.84. The number of aryl methyl sites for hydroxylation is 2. The Hall–Kier alpha value is -3.78. The minimum Gasteiger partial charge on any atom is -0.493 e. The standard InChI is InChI=1S/C27H29FN4O3/c1-5-23-21-14-30-31-26(21)22(13-29-23)24(15-33)32(4)27(34)17-7-8-20(25(12-17)35-6-2)18-9-16(3)10-19(28)11-18/h7-14,24,33H,5-6,15H2,1-4H3,(H,30,31)/t24-/m1/s1. The Labute approximate surface area is 203 Å². The third-order valence-electron chi connectivity index (χ3n) is 6.13. The first-order valence-corrected chi connectivity index (χ1v) is 11.6. The van der Waals surface area contributed by atoms with E-state index < -0.39 is 6.04 Å². The predicted molar refractivity (Wildman–Crippen MR) is 133 cm³/mol. The normalized spacial score (nSPS) is 12.1. The van der Waals surface area contributed by atoms with Gasteiger partial charge in [-0.25, -0.2) is 4.39 Å². The number of fused-ring (bicyclic) bond motifs is 1. The summed E-state index contributed by atoms with van der Waals surface area (Å²) >= 11 is 0. The number of H-pyrrole nitrogens is 1. The maximum Gasteiger partial charge on any atom is 0.254 e. The number of nitrogens with zero attached hydrogens (tertiary/aromatic N) is 3. The fourth-order valence-corrected chi connectivity index (χ4v) is 4.38. The molecular formula is C27H29FN4O3. The summed E-state index contributed by atoms with van der Waals surface area (Å²) in [5, 5.41) is 18.2. The molecule has 0 aliphatic rings. The van der Waals surface area contributed by atoms with E-state index in [1.807, 2.05) is 26.8 Å². The number of carbonyl (C=O) groups excluding carboxylic acids is 1. The molecule has 35 heavy (non-hydrogen) atoms. The summed E-state index contributed by atoms with van der Waals surface area (Å²) in [4.78, 5) is 19.5. The molecule has 0 bridgehead atoms. The highest BCUT2D eigenvalue weighted by Crippen LogP contribution is 2.34. The molecule has 0 aliphatic carbocycles. The molecule has 4 aromatic rings. The lowest BCUT2D eigenvalue weighted by atomic mass is 9.99. The van der Waals surface area contributed by atoms with Crippen molar-refractivity contribution < 1.29 is 19.0 Å². The summed E-state index contributed by atoms with van der Waals surface area (Å²) in [6.45, 7) is 5.79. The van der Waals surface area contributed by atoms with Crippen LogP contribution in [0, 0.1) is 12.7 Å². The number of amides is 1. The molecule has 0 spiro atoms. The Kier molecular flexibility index (Phi) is 7.12. The van der Waals surface area contributed by atoms with E-state index in [0.717, 1.165) is 28.6 Å². The highest BCUT2D eigenvalue weighted by atomic mass is 19.1. The summed E-state index contributed by atoms with van der Waals surface area (Å²) in [5.74, 6) is -0.137. The average molecular weight is 477 g/mol. The number of aromatic amines is 1. The number of benzene rings is 2. The molecule has 0 saturated heterocycles.